The van der Waals surface area contributed by atoms with Crippen LogP contribution in [0.4, 0.5) is 5.69 Å². The van der Waals surface area contributed by atoms with E-state index in [1.165, 1.54) is 20.3 Å². The summed E-state index contributed by atoms with van der Waals surface area (Å²) in [5, 5.41) is 15.0. The lowest BCUT2D eigenvalue weighted by Gasteiger charge is -2.51. The molecule has 248 valence electrons. The first-order valence-electron chi connectivity index (χ1n) is 15.0. The van der Waals surface area contributed by atoms with Crippen molar-refractivity contribution < 1.29 is 33.8 Å². The van der Waals surface area contributed by atoms with Gasteiger partial charge in [0.15, 0.2) is 11.5 Å². The van der Waals surface area contributed by atoms with Crippen LogP contribution in [-0.4, -0.2) is 48.0 Å². The Morgan fingerprint density at radius 2 is 1.69 bits per heavy atom. The number of hydrogen-bond acceptors (Lipinski definition) is 8. The first-order valence-corrected chi connectivity index (χ1v) is 17.3. The zero-order chi connectivity index (χ0) is 34.2. The smallest absolute Gasteiger partial charge is 0.260 e. The van der Waals surface area contributed by atoms with E-state index in [0.717, 1.165) is 10.6 Å². The van der Waals surface area contributed by atoms with Crippen LogP contribution < -0.4 is 20.2 Å². The van der Waals surface area contributed by atoms with Gasteiger partial charge in [0.2, 0.25) is 11.8 Å². The number of nitrogens with one attached hydrogen (secondary N) is 2. The van der Waals surface area contributed by atoms with Gasteiger partial charge in [-0.3, -0.25) is 29.9 Å². The molecule has 2 aliphatic heterocycles. The minimum absolute atomic E-state index is 0.112. The highest BCUT2D eigenvalue weighted by Gasteiger charge is 2.70. The van der Waals surface area contributed by atoms with E-state index >= 15 is 4.79 Å². The molecular formula is C34H27Br2Cl2N3O7. The molecule has 4 amide bonds. The van der Waals surface area contributed by atoms with Gasteiger partial charge >= 0.3 is 0 Å². The van der Waals surface area contributed by atoms with E-state index in [9.17, 15) is 19.5 Å². The molecule has 4 aliphatic rings. The maximum atomic E-state index is 15.3. The van der Waals surface area contributed by atoms with Gasteiger partial charge in [-0.05, 0) is 98.1 Å². The largest absolute Gasteiger partial charge is 0.503 e. The number of phenolic OH excluding ortho intramolecular Hbond substituents is 1. The lowest BCUT2D eigenvalue weighted by Crippen LogP contribution is -2.53. The number of allylic oxidation sites excluding steroid dienone is 2. The fourth-order valence-corrected chi connectivity index (χ4v) is 9.48. The number of ether oxygens (including phenoxy) is 2. The number of fused-ring (bicyclic) bond motifs is 4. The molecule has 0 aromatic heterocycles. The predicted molar refractivity (Wildman–Crippen MR) is 184 cm³/mol. The summed E-state index contributed by atoms with van der Waals surface area (Å²) >= 11 is 19.8. The Kier molecular flexibility index (Phi) is 8.29. The first kappa shape index (κ1) is 32.9. The number of amides is 4. The molecule has 10 nitrogen and oxygen atoms in total. The number of benzene rings is 3. The van der Waals surface area contributed by atoms with Gasteiger partial charge in [0, 0.05) is 15.4 Å². The van der Waals surface area contributed by atoms with Crippen LogP contribution in [0.5, 0.6) is 17.2 Å². The van der Waals surface area contributed by atoms with Gasteiger partial charge in [0.1, 0.15) is 5.75 Å². The van der Waals surface area contributed by atoms with Crippen molar-refractivity contribution in [2.75, 3.05) is 19.6 Å². The number of halogens is 4. The Morgan fingerprint density at radius 1 is 0.958 bits per heavy atom. The van der Waals surface area contributed by atoms with Crippen LogP contribution in [0.25, 0.3) is 0 Å². The molecule has 14 heteroatoms. The summed E-state index contributed by atoms with van der Waals surface area (Å²) in [6.07, 6.45) is 2.31. The van der Waals surface area contributed by atoms with Crippen LogP contribution in [0, 0.1) is 23.7 Å². The third-order valence-electron chi connectivity index (χ3n) is 10.1. The molecule has 2 aliphatic carbocycles. The molecule has 0 bridgehead atoms. The highest BCUT2D eigenvalue weighted by atomic mass is 79.9. The van der Waals surface area contributed by atoms with Gasteiger partial charge in [0.25, 0.3) is 11.8 Å². The Balaban J connectivity index is 1.52. The molecule has 0 spiro atoms. The molecule has 1 saturated carbocycles. The van der Waals surface area contributed by atoms with Crippen LogP contribution in [0.1, 0.15) is 29.9 Å². The number of anilines is 1. The van der Waals surface area contributed by atoms with Gasteiger partial charge < -0.3 is 14.6 Å². The number of carbonyl (C=O) groups is 4. The SMILES string of the molecule is COc1ccc([C@@]23C(=O)N(Nc4ccc(Cl)cc4Cl)C(=O)[C@@H]2C[C@@H]2C(=CC[C@@H]4C(=O)NC(=O)[C@@H]42)[C@@H]3c2cc(OC)c(O)c(Br)c2Br)cc1. The molecule has 6 atom stereocenters. The number of aromatic hydroxyl groups is 1. The van der Waals surface area contributed by atoms with Crippen molar-refractivity contribution in [3.05, 3.63) is 90.3 Å². The van der Waals surface area contributed by atoms with Gasteiger partial charge in [-0.25, -0.2) is 0 Å². The molecule has 0 unspecified atom stereocenters. The van der Waals surface area contributed by atoms with E-state index in [4.69, 9.17) is 32.7 Å². The van der Waals surface area contributed by atoms with Crippen molar-refractivity contribution in [1.29, 1.82) is 0 Å². The van der Waals surface area contributed by atoms with Gasteiger partial charge in [-0.2, -0.15) is 5.01 Å². The maximum absolute atomic E-state index is 15.3. The van der Waals surface area contributed by atoms with Crippen molar-refractivity contribution >= 4 is 84.4 Å². The summed E-state index contributed by atoms with van der Waals surface area (Å²) in [6.45, 7) is 0. The van der Waals surface area contributed by atoms with Crippen LogP contribution in [0.15, 0.2) is 69.1 Å². The van der Waals surface area contributed by atoms with Crippen molar-refractivity contribution in [2.45, 2.75) is 24.2 Å². The van der Waals surface area contributed by atoms with E-state index < -0.39 is 52.7 Å². The third kappa shape index (κ3) is 4.70. The van der Waals surface area contributed by atoms with E-state index in [0.29, 0.717) is 26.4 Å². The third-order valence-corrected chi connectivity index (χ3v) is 12.8. The van der Waals surface area contributed by atoms with Crippen molar-refractivity contribution in [1.82, 2.24) is 10.3 Å². The average molecular weight is 820 g/mol. The predicted octanol–water partition coefficient (Wildman–Crippen LogP) is 6.51. The van der Waals surface area contributed by atoms with Crippen LogP contribution >= 0.6 is 55.1 Å². The molecular weight excluding hydrogens is 793 g/mol. The van der Waals surface area contributed by atoms with E-state index in [1.54, 1.807) is 42.5 Å². The Morgan fingerprint density at radius 3 is 2.35 bits per heavy atom. The minimum atomic E-state index is -1.58. The highest BCUT2D eigenvalue weighted by Crippen LogP contribution is 2.65. The zero-order valence-electron chi connectivity index (χ0n) is 25.4. The van der Waals surface area contributed by atoms with Crippen molar-refractivity contribution in [3.8, 4) is 17.2 Å². The Bertz CT molecular complexity index is 1960. The van der Waals surface area contributed by atoms with Gasteiger partial charge in [-0.15, -0.1) is 0 Å². The molecule has 3 aromatic carbocycles. The summed E-state index contributed by atoms with van der Waals surface area (Å²) in [7, 11) is 2.94. The average Bonchev–Trinajstić information content (AvgIpc) is 3.49. The molecule has 48 heavy (non-hydrogen) atoms. The second-order valence-corrected chi connectivity index (χ2v) is 14.6. The van der Waals surface area contributed by atoms with Gasteiger partial charge in [0.05, 0.1) is 52.6 Å². The summed E-state index contributed by atoms with van der Waals surface area (Å²) < 4.78 is 11.7. The monoisotopic (exact) mass is 817 g/mol. The summed E-state index contributed by atoms with van der Waals surface area (Å²) in [5.74, 6) is -5.08. The molecule has 0 radical (unpaired) electrons. The van der Waals surface area contributed by atoms with Crippen molar-refractivity contribution in [3.63, 3.8) is 0 Å². The van der Waals surface area contributed by atoms with E-state index in [-0.39, 0.29) is 45.4 Å². The fraction of sp³-hybridized carbons (Fsp3) is 0.294. The molecule has 2 heterocycles. The number of hydrogen-bond donors (Lipinski definition) is 3. The number of carbonyl (C=O) groups excluding carboxylic acids is 4. The molecule has 2 saturated heterocycles. The van der Waals surface area contributed by atoms with Crippen molar-refractivity contribution in [2.24, 2.45) is 23.7 Å². The second kappa shape index (κ2) is 12.1. The quantitative estimate of drug-likeness (QED) is 0.189. The molecule has 3 aromatic rings. The molecule has 7 rings (SSSR count). The lowest BCUT2D eigenvalue weighted by molar-refractivity contribution is -0.138. The Labute approximate surface area is 302 Å². The number of imide groups is 2. The number of methoxy groups -OCH3 is 2. The number of phenols is 1. The minimum Gasteiger partial charge on any atom is -0.503 e. The van der Waals surface area contributed by atoms with Gasteiger partial charge in [-0.1, -0.05) is 47.0 Å². The molecule has 3 N–H and O–H groups in total. The molecule has 3 fully saturated rings. The highest BCUT2D eigenvalue weighted by molar-refractivity contribution is 9.13. The zero-order valence-corrected chi connectivity index (χ0v) is 30.0. The summed E-state index contributed by atoms with van der Waals surface area (Å²) in [4.78, 5) is 56.3. The van der Waals surface area contributed by atoms with Crippen LogP contribution in [0.2, 0.25) is 10.0 Å². The number of rotatable bonds is 6. The van der Waals surface area contributed by atoms with Crippen LogP contribution in [-0.2, 0) is 24.6 Å². The summed E-state index contributed by atoms with van der Waals surface area (Å²) in [6, 6.07) is 13.3. The van der Waals surface area contributed by atoms with E-state index in [1.807, 2.05) is 6.08 Å². The fourth-order valence-electron chi connectivity index (χ4n) is 8.08. The maximum Gasteiger partial charge on any atom is 0.260 e. The number of nitrogens with zero attached hydrogens (tertiary/aromatic N) is 1. The van der Waals surface area contributed by atoms with Crippen LogP contribution in [0.3, 0.4) is 0 Å². The summed E-state index contributed by atoms with van der Waals surface area (Å²) in [5.41, 5.74) is 3.48. The first-order chi connectivity index (χ1) is 22.9. The Hall–Kier alpha value is -3.58. The van der Waals surface area contributed by atoms with E-state index in [2.05, 4.69) is 42.6 Å². The standard InChI is InChI=1S/C34H27Br2Cl2N3O7/c1-47-16-6-3-14(4-7-16)34-21(32(45)41(33(34)46)40-23-10-5-15(37)11-22(23)38)12-19-17(8-9-18-25(19)31(44)39-30(18)43)26(34)20-13-24(48-2)29(42)28(36)27(20)35/h3-8,10-11,13,18-19,21,25-26,40,42H,9,12H2,1-2H3,(H,39,43,44)/t18-,19+,21-,25-,26+,34+/m0/s1. The topological polar surface area (TPSA) is 134 Å². The number of hydrazine groups is 1. The normalized spacial score (nSPS) is 27.6. The second-order valence-electron chi connectivity index (χ2n) is 12.2. The lowest BCUT2D eigenvalue weighted by atomic mass is 9.49.